The number of thiazole rings is 1. The first-order chi connectivity index (χ1) is 17.6. The SMILES string of the molecule is CN1CC[C@@H](c2cnc(Nc3ncc(-c4ccnc(OC5CCC6(CC5)COC6)n4)s3)nc2)[C@@H](F)C1. The van der Waals surface area contributed by atoms with Crippen LogP contribution in [0.2, 0.25) is 0 Å². The number of halogens is 1. The molecule has 5 heterocycles. The highest BCUT2D eigenvalue weighted by Gasteiger charge is 2.42. The van der Waals surface area contributed by atoms with Crippen LogP contribution < -0.4 is 10.1 Å². The molecule has 3 aromatic rings. The van der Waals surface area contributed by atoms with Crippen LogP contribution in [0.5, 0.6) is 6.01 Å². The van der Waals surface area contributed by atoms with Crippen LogP contribution in [0.15, 0.2) is 30.9 Å². The zero-order valence-corrected chi connectivity index (χ0v) is 21.1. The van der Waals surface area contributed by atoms with E-state index in [4.69, 9.17) is 9.47 Å². The Morgan fingerprint density at radius 2 is 1.92 bits per heavy atom. The molecular weight excluding hydrogens is 481 g/mol. The number of anilines is 2. The van der Waals surface area contributed by atoms with Crippen molar-refractivity contribution in [3.05, 3.63) is 36.4 Å². The molecule has 2 saturated heterocycles. The summed E-state index contributed by atoms with van der Waals surface area (Å²) >= 11 is 1.45. The number of nitrogens with zero attached hydrogens (tertiary/aromatic N) is 6. The van der Waals surface area contributed by atoms with Crippen molar-refractivity contribution in [1.29, 1.82) is 0 Å². The van der Waals surface area contributed by atoms with Crippen LogP contribution in [0.4, 0.5) is 15.5 Å². The van der Waals surface area contributed by atoms with Gasteiger partial charge in [-0.05, 0) is 57.3 Å². The maximum atomic E-state index is 14.5. The van der Waals surface area contributed by atoms with Crippen LogP contribution in [0.1, 0.15) is 43.6 Å². The van der Waals surface area contributed by atoms with Crippen LogP contribution in [-0.2, 0) is 4.74 Å². The first-order valence-corrected chi connectivity index (χ1v) is 13.3. The normalized spacial score (nSPS) is 24.4. The van der Waals surface area contributed by atoms with E-state index >= 15 is 0 Å². The molecule has 3 fully saturated rings. The van der Waals surface area contributed by atoms with Gasteiger partial charge in [-0.3, -0.25) is 0 Å². The quantitative estimate of drug-likeness (QED) is 0.521. The summed E-state index contributed by atoms with van der Waals surface area (Å²) in [7, 11) is 1.94. The van der Waals surface area contributed by atoms with Gasteiger partial charge in [0.1, 0.15) is 12.3 Å². The van der Waals surface area contributed by atoms with Gasteiger partial charge in [-0.15, -0.1) is 0 Å². The molecule has 0 aromatic carbocycles. The molecule has 1 saturated carbocycles. The van der Waals surface area contributed by atoms with Gasteiger partial charge >= 0.3 is 6.01 Å². The Balaban J connectivity index is 1.07. The van der Waals surface area contributed by atoms with E-state index in [1.54, 1.807) is 24.8 Å². The fourth-order valence-corrected chi connectivity index (χ4v) is 6.04. The zero-order chi connectivity index (χ0) is 24.5. The lowest BCUT2D eigenvalue weighted by atomic mass is 9.72. The minimum atomic E-state index is -0.901. The molecule has 0 unspecified atom stereocenters. The first-order valence-electron chi connectivity index (χ1n) is 12.5. The second-order valence-corrected chi connectivity index (χ2v) is 11.2. The van der Waals surface area contributed by atoms with Crippen molar-refractivity contribution in [3.8, 4) is 16.6 Å². The Labute approximate surface area is 213 Å². The topological polar surface area (TPSA) is 98.2 Å². The highest BCUT2D eigenvalue weighted by Crippen LogP contribution is 2.43. The lowest BCUT2D eigenvalue weighted by Crippen LogP contribution is -2.46. The highest BCUT2D eigenvalue weighted by molar-refractivity contribution is 7.18. The van der Waals surface area contributed by atoms with Crippen LogP contribution in [-0.4, -0.2) is 75.4 Å². The van der Waals surface area contributed by atoms with E-state index < -0.39 is 6.17 Å². The molecule has 1 N–H and O–H groups in total. The molecule has 0 radical (unpaired) electrons. The summed E-state index contributed by atoms with van der Waals surface area (Å²) in [6.07, 6.45) is 11.2. The van der Waals surface area contributed by atoms with E-state index in [2.05, 4.69) is 30.2 Å². The monoisotopic (exact) mass is 511 g/mol. The number of hydrogen-bond acceptors (Lipinski definition) is 10. The predicted octanol–water partition coefficient (Wildman–Crippen LogP) is 4.23. The second kappa shape index (κ2) is 9.95. The summed E-state index contributed by atoms with van der Waals surface area (Å²) in [5.74, 6) is 0.277. The first kappa shape index (κ1) is 23.6. The average Bonchev–Trinajstić information content (AvgIpc) is 3.33. The molecule has 190 valence electrons. The maximum absolute atomic E-state index is 14.5. The molecule has 11 heteroatoms. The van der Waals surface area contributed by atoms with Gasteiger partial charge in [0.25, 0.3) is 0 Å². The van der Waals surface area contributed by atoms with E-state index in [1.807, 2.05) is 18.0 Å². The second-order valence-electron chi connectivity index (χ2n) is 10.2. The van der Waals surface area contributed by atoms with E-state index in [9.17, 15) is 4.39 Å². The van der Waals surface area contributed by atoms with Gasteiger partial charge in [-0.25, -0.2) is 24.3 Å². The Kier molecular flexibility index (Phi) is 6.53. The van der Waals surface area contributed by atoms with E-state index in [1.165, 1.54) is 11.3 Å². The van der Waals surface area contributed by atoms with Crippen molar-refractivity contribution in [2.45, 2.75) is 50.3 Å². The standard InChI is InChI=1S/C25H30FN7O2S/c1-33-9-5-18(19(26)13-33)16-10-28-22(29-11-16)32-24-30-12-21(36-24)20-4-8-27-23(31-20)35-17-2-6-25(7-3-17)14-34-15-25/h4,8,10-12,17-19H,2-3,5-7,9,13-15H2,1H3,(H,28,29,30,32)/t18-,19-/m0/s1. The molecule has 9 nitrogen and oxygen atoms in total. The van der Waals surface area contributed by atoms with Crippen molar-refractivity contribution >= 4 is 22.4 Å². The minimum Gasteiger partial charge on any atom is -0.460 e. The van der Waals surface area contributed by atoms with Gasteiger partial charge in [-0.2, -0.15) is 4.98 Å². The summed E-state index contributed by atoms with van der Waals surface area (Å²) < 4.78 is 26.0. The van der Waals surface area contributed by atoms with Crippen molar-refractivity contribution in [2.75, 3.05) is 38.7 Å². The summed E-state index contributed by atoms with van der Waals surface area (Å²) in [5, 5.41) is 3.79. The third kappa shape index (κ3) is 5.05. The summed E-state index contributed by atoms with van der Waals surface area (Å²) in [6.45, 7) is 3.09. The number of rotatable bonds is 6. The Morgan fingerprint density at radius 3 is 2.64 bits per heavy atom. The Bertz CT molecular complexity index is 1180. The van der Waals surface area contributed by atoms with Gasteiger partial charge in [0, 0.05) is 42.7 Å². The Morgan fingerprint density at radius 1 is 1.11 bits per heavy atom. The van der Waals surface area contributed by atoms with Gasteiger partial charge in [0.2, 0.25) is 5.95 Å². The molecule has 36 heavy (non-hydrogen) atoms. The lowest BCUT2D eigenvalue weighted by molar-refractivity contribution is -0.140. The molecule has 2 atom stereocenters. The largest absolute Gasteiger partial charge is 0.460 e. The smallest absolute Gasteiger partial charge is 0.317 e. The third-order valence-electron chi connectivity index (χ3n) is 7.54. The number of piperidine rings is 1. The van der Waals surface area contributed by atoms with Crippen molar-refractivity contribution in [3.63, 3.8) is 0 Å². The van der Waals surface area contributed by atoms with Crippen molar-refractivity contribution in [1.82, 2.24) is 29.8 Å². The summed E-state index contributed by atoms with van der Waals surface area (Å²) in [6, 6.07) is 2.26. The van der Waals surface area contributed by atoms with Gasteiger partial charge in [0.05, 0.1) is 23.8 Å². The molecule has 1 spiro atoms. The van der Waals surface area contributed by atoms with E-state index in [0.717, 1.165) is 68.0 Å². The maximum Gasteiger partial charge on any atom is 0.317 e. The molecular formula is C25H30FN7O2S. The minimum absolute atomic E-state index is 0.146. The van der Waals surface area contributed by atoms with Gasteiger partial charge in [0.15, 0.2) is 5.13 Å². The van der Waals surface area contributed by atoms with Crippen LogP contribution >= 0.6 is 11.3 Å². The van der Waals surface area contributed by atoms with Crippen LogP contribution in [0.25, 0.3) is 10.6 Å². The van der Waals surface area contributed by atoms with E-state index in [0.29, 0.717) is 29.1 Å². The molecule has 3 aromatic heterocycles. The van der Waals surface area contributed by atoms with Gasteiger partial charge < -0.3 is 19.7 Å². The lowest BCUT2D eigenvalue weighted by Gasteiger charge is -2.45. The number of ether oxygens (including phenoxy) is 2. The highest BCUT2D eigenvalue weighted by atomic mass is 32.1. The van der Waals surface area contributed by atoms with Crippen molar-refractivity contribution < 1.29 is 13.9 Å². The van der Waals surface area contributed by atoms with Gasteiger partial charge in [-0.1, -0.05) is 11.3 Å². The van der Waals surface area contributed by atoms with Crippen LogP contribution in [0, 0.1) is 5.41 Å². The number of likely N-dealkylation sites (tertiary alicyclic amines) is 1. The zero-order valence-electron chi connectivity index (χ0n) is 20.3. The Hall–Kier alpha value is -2.76. The third-order valence-corrected chi connectivity index (χ3v) is 8.47. The predicted molar refractivity (Wildman–Crippen MR) is 134 cm³/mol. The average molecular weight is 512 g/mol. The van der Waals surface area contributed by atoms with Crippen molar-refractivity contribution in [2.24, 2.45) is 5.41 Å². The number of alkyl halides is 1. The molecule has 0 bridgehead atoms. The fraction of sp³-hybridized carbons (Fsp3) is 0.560. The molecule has 6 rings (SSSR count). The summed E-state index contributed by atoms with van der Waals surface area (Å²) in [5.41, 5.74) is 1.99. The number of aromatic nitrogens is 5. The fourth-order valence-electron chi connectivity index (χ4n) is 5.26. The van der Waals surface area contributed by atoms with E-state index in [-0.39, 0.29) is 12.0 Å². The molecule has 2 aliphatic heterocycles. The molecule has 0 amide bonds. The van der Waals surface area contributed by atoms with Crippen LogP contribution in [0.3, 0.4) is 0 Å². The molecule has 3 aliphatic rings. The summed E-state index contributed by atoms with van der Waals surface area (Å²) in [4.78, 5) is 25.1. The number of hydrogen-bond donors (Lipinski definition) is 1. The number of nitrogens with one attached hydrogen (secondary N) is 1. The molecule has 1 aliphatic carbocycles.